The summed E-state index contributed by atoms with van der Waals surface area (Å²) in [4.78, 5) is 7.19. The molecule has 3 aromatic rings. The van der Waals surface area contributed by atoms with Gasteiger partial charge in [0.25, 0.3) is 0 Å². The van der Waals surface area contributed by atoms with Crippen LogP contribution < -0.4 is 5.32 Å². The highest BCUT2D eigenvalue weighted by molar-refractivity contribution is 7.09. The number of aliphatic hydroxyl groups is 1. The van der Waals surface area contributed by atoms with E-state index >= 15 is 0 Å². The van der Waals surface area contributed by atoms with Gasteiger partial charge in [-0.3, -0.25) is 9.58 Å². The lowest BCUT2D eigenvalue weighted by Gasteiger charge is -2.31. The van der Waals surface area contributed by atoms with Crippen LogP contribution in [-0.4, -0.2) is 44.5 Å². The zero-order valence-corrected chi connectivity index (χ0v) is 17.0. The summed E-state index contributed by atoms with van der Waals surface area (Å²) in [7, 11) is 1.92. The predicted molar refractivity (Wildman–Crippen MR) is 113 cm³/mol. The van der Waals surface area contributed by atoms with Gasteiger partial charge in [-0.05, 0) is 49.5 Å². The number of likely N-dealkylation sites (tertiary alicyclic amines) is 1. The van der Waals surface area contributed by atoms with Crippen molar-refractivity contribution in [2.45, 2.75) is 25.9 Å². The van der Waals surface area contributed by atoms with Crippen LogP contribution in [0.1, 0.15) is 23.4 Å². The minimum absolute atomic E-state index is 0.326. The molecule has 1 aliphatic rings. The number of hydrogen-bond donors (Lipinski definition) is 2. The number of hydrogen-bond acceptors (Lipinski definition) is 6. The Morgan fingerprint density at radius 1 is 1.29 bits per heavy atom. The van der Waals surface area contributed by atoms with E-state index in [0.29, 0.717) is 12.5 Å². The number of anilines is 1. The van der Waals surface area contributed by atoms with Crippen LogP contribution in [0.4, 0.5) is 5.69 Å². The third kappa shape index (κ3) is 4.79. The van der Waals surface area contributed by atoms with Gasteiger partial charge in [0, 0.05) is 43.0 Å². The van der Waals surface area contributed by atoms with E-state index in [1.54, 1.807) is 16.0 Å². The van der Waals surface area contributed by atoms with Crippen molar-refractivity contribution < 1.29 is 5.11 Å². The van der Waals surface area contributed by atoms with E-state index in [-0.39, 0.29) is 0 Å². The normalized spacial score (nSPS) is 15.8. The van der Waals surface area contributed by atoms with Crippen LogP contribution in [0.15, 0.2) is 42.0 Å². The lowest BCUT2D eigenvalue weighted by Crippen LogP contribution is -2.34. The van der Waals surface area contributed by atoms with Gasteiger partial charge in [-0.1, -0.05) is 12.1 Å². The molecule has 0 radical (unpaired) electrons. The Morgan fingerprint density at radius 2 is 2.14 bits per heavy atom. The van der Waals surface area contributed by atoms with Gasteiger partial charge in [-0.25, -0.2) is 4.98 Å². The second-order valence-electron chi connectivity index (χ2n) is 7.49. The van der Waals surface area contributed by atoms with Crippen LogP contribution in [-0.2, 0) is 20.1 Å². The number of aryl methyl sites for hydroxylation is 1. The van der Waals surface area contributed by atoms with Crippen molar-refractivity contribution in [1.29, 1.82) is 0 Å². The van der Waals surface area contributed by atoms with Crippen LogP contribution >= 0.6 is 11.3 Å². The highest BCUT2D eigenvalue weighted by Gasteiger charge is 2.18. The quantitative estimate of drug-likeness (QED) is 0.640. The van der Waals surface area contributed by atoms with Gasteiger partial charge in [-0.2, -0.15) is 5.10 Å². The molecule has 1 aromatic carbocycles. The molecule has 2 aromatic heterocycles. The van der Waals surface area contributed by atoms with Crippen LogP contribution in [0.5, 0.6) is 0 Å². The summed E-state index contributed by atoms with van der Waals surface area (Å²) in [5.74, 6) is 0.485. The van der Waals surface area contributed by atoms with Crippen LogP contribution in [0, 0.1) is 5.92 Å². The fourth-order valence-corrected chi connectivity index (χ4v) is 4.36. The first-order valence-corrected chi connectivity index (χ1v) is 10.7. The maximum atomic E-state index is 9.29. The van der Waals surface area contributed by atoms with Crippen molar-refractivity contribution in [2.75, 3.05) is 25.0 Å². The van der Waals surface area contributed by atoms with Crippen molar-refractivity contribution in [1.82, 2.24) is 19.7 Å². The van der Waals surface area contributed by atoms with E-state index in [0.717, 1.165) is 61.0 Å². The van der Waals surface area contributed by atoms with Gasteiger partial charge in [-0.15, -0.1) is 11.3 Å². The molecule has 1 aliphatic heterocycles. The topological polar surface area (TPSA) is 66.2 Å². The minimum atomic E-state index is 0.326. The summed E-state index contributed by atoms with van der Waals surface area (Å²) in [6, 6.07) is 8.64. The van der Waals surface area contributed by atoms with Gasteiger partial charge in [0.05, 0.1) is 18.4 Å². The number of nitrogens with zero attached hydrogens (tertiary/aromatic N) is 4. The Hall–Kier alpha value is -2.22. The molecule has 3 heterocycles. The fourth-order valence-electron chi connectivity index (χ4n) is 3.62. The van der Waals surface area contributed by atoms with Crippen molar-refractivity contribution >= 4 is 17.0 Å². The second-order valence-corrected chi connectivity index (χ2v) is 8.43. The molecule has 0 unspecified atom stereocenters. The second kappa shape index (κ2) is 8.86. The highest BCUT2D eigenvalue weighted by atomic mass is 32.1. The zero-order valence-electron chi connectivity index (χ0n) is 16.2. The number of nitrogens with one attached hydrogen (secondary N) is 1. The Labute approximate surface area is 169 Å². The molecule has 0 atom stereocenters. The molecular formula is C21H27N5OS. The summed E-state index contributed by atoms with van der Waals surface area (Å²) in [6.07, 6.45) is 6.02. The lowest BCUT2D eigenvalue weighted by molar-refractivity contribution is 0.127. The first kappa shape index (κ1) is 19.1. The van der Waals surface area contributed by atoms with Crippen LogP contribution in [0.2, 0.25) is 0 Å². The van der Waals surface area contributed by atoms with Crippen molar-refractivity contribution in [3.63, 3.8) is 0 Å². The summed E-state index contributed by atoms with van der Waals surface area (Å²) in [5, 5.41) is 20.1. The highest BCUT2D eigenvalue weighted by Crippen LogP contribution is 2.23. The summed E-state index contributed by atoms with van der Waals surface area (Å²) in [5.41, 5.74) is 4.48. The van der Waals surface area contributed by atoms with Crippen molar-refractivity contribution in [2.24, 2.45) is 13.0 Å². The van der Waals surface area contributed by atoms with Crippen molar-refractivity contribution in [3.8, 4) is 11.3 Å². The van der Waals surface area contributed by atoms with E-state index in [4.69, 9.17) is 4.98 Å². The monoisotopic (exact) mass is 397 g/mol. The predicted octanol–water partition coefficient (Wildman–Crippen LogP) is 3.36. The Bertz CT molecular complexity index is 898. The van der Waals surface area contributed by atoms with Gasteiger partial charge < -0.3 is 10.4 Å². The molecule has 0 bridgehead atoms. The largest absolute Gasteiger partial charge is 0.396 e. The molecule has 0 spiro atoms. The molecular weight excluding hydrogens is 370 g/mol. The molecule has 0 amide bonds. The Morgan fingerprint density at radius 3 is 2.89 bits per heavy atom. The van der Waals surface area contributed by atoms with Gasteiger partial charge in [0.1, 0.15) is 5.01 Å². The molecule has 28 heavy (non-hydrogen) atoms. The molecule has 6 nitrogen and oxygen atoms in total. The van der Waals surface area contributed by atoms with Gasteiger partial charge >= 0.3 is 0 Å². The van der Waals surface area contributed by atoms with Crippen LogP contribution in [0.3, 0.4) is 0 Å². The number of aliphatic hydroxyl groups excluding tert-OH is 1. The SMILES string of the molecule is Cn1cc(-c2csc(CNc3cccc(CN4CCC(CO)CC4)c3)n2)cn1. The van der Waals surface area contributed by atoms with Crippen molar-refractivity contribution in [3.05, 3.63) is 52.6 Å². The molecule has 0 saturated carbocycles. The van der Waals surface area contributed by atoms with E-state index in [2.05, 4.69) is 45.0 Å². The van der Waals surface area contributed by atoms with Gasteiger partial charge in [0.15, 0.2) is 0 Å². The summed E-state index contributed by atoms with van der Waals surface area (Å²) < 4.78 is 1.80. The van der Waals surface area contributed by atoms with Gasteiger partial charge in [0.2, 0.25) is 0 Å². The zero-order chi connectivity index (χ0) is 19.3. The maximum Gasteiger partial charge on any atom is 0.112 e. The van der Waals surface area contributed by atoms with E-state index in [1.807, 2.05) is 19.4 Å². The number of aromatic nitrogens is 3. The molecule has 7 heteroatoms. The Kier molecular flexibility index (Phi) is 6.04. The average molecular weight is 398 g/mol. The molecule has 1 saturated heterocycles. The lowest BCUT2D eigenvalue weighted by atomic mass is 9.97. The Balaban J connectivity index is 1.32. The summed E-state index contributed by atoms with van der Waals surface area (Å²) >= 11 is 1.67. The number of thiazole rings is 1. The molecule has 0 aliphatic carbocycles. The number of piperidine rings is 1. The third-order valence-corrected chi connectivity index (χ3v) is 6.14. The fraction of sp³-hybridized carbons (Fsp3) is 0.429. The number of benzene rings is 1. The first-order valence-electron chi connectivity index (χ1n) is 9.79. The molecule has 148 valence electrons. The summed E-state index contributed by atoms with van der Waals surface area (Å²) in [6.45, 7) is 4.15. The standard InChI is InChI=1S/C21H27N5OS/c1-25-13-18(10-23-25)20-15-28-21(24-20)11-22-19-4-2-3-17(9-19)12-26-7-5-16(14-27)6-8-26/h2-4,9-10,13,15-16,22,27H,5-8,11-12,14H2,1H3. The van der Waals surface area contributed by atoms with E-state index < -0.39 is 0 Å². The molecule has 2 N–H and O–H groups in total. The molecule has 1 fully saturated rings. The first-order chi connectivity index (χ1) is 13.7. The van der Waals surface area contributed by atoms with Crippen LogP contribution in [0.25, 0.3) is 11.3 Å². The maximum absolute atomic E-state index is 9.29. The van der Waals surface area contributed by atoms with E-state index in [1.165, 1.54) is 5.56 Å². The average Bonchev–Trinajstić information content (AvgIpc) is 3.36. The minimum Gasteiger partial charge on any atom is -0.396 e. The number of rotatable bonds is 7. The molecule has 4 rings (SSSR count). The smallest absolute Gasteiger partial charge is 0.112 e. The third-order valence-electron chi connectivity index (χ3n) is 5.29. The van der Waals surface area contributed by atoms with E-state index in [9.17, 15) is 5.11 Å².